The van der Waals surface area contributed by atoms with E-state index in [0.717, 1.165) is 24.2 Å². The number of halogens is 1. The summed E-state index contributed by atoms with van der Waals surface area (Å²) in [6.07, 6.45) is 0.773. The summed E-state index contributed by atoms with van der Waals surface area (Å²) in [5, 5.41) is 0.485. The Hall–Kier alpha value is -1.80. The summed E-state index contributed by atoms with van der Waals surface area (Å²) in [6.45, 7) is 4.99. The Morgan fingerprint density at radius 3 is 2.47 bits per heavy atom. The van der Waals surface area contributed by atoms with Gasteiger partial charge in [-0.3, -0.25) is 4.79 Å². The minimum atomic E-state index is 0.485. The zero-order valence-corrected chi connectivity index (χ0v) is 11.8. The third-order valence-electron chi connectivity index (χ3n) is 3.05. The van der Waals surface area contributed by atoms with Crippen molar-refractivity contribution in [3.8, 4) is 0 Å². The molecule has 2 rings (SSSR count). The van der Waals surface area contributed by atoms with E-state index in [4.69, 9.17) is 11.6 Å². The molecule has 0 amide bonds. The molecule has 19 heavy (non-hydrogen) atoms. The second kappa shape index (κ2) is 5.89. The SMILES string of the molecule is CCN(c1cccc(C)c1)c1ccc(C=O)c(Cl)c1. The lowest BCUT2D eigenvalue weighted by atomic mass is 10.1. The van der Waals surface area contributed by atoms with E-state index in [-0.39, 0.29) is 0 Å². The maximum absolute atomic E-state index is 10.8. The first-order chi connectivity index (χ1) is 9.15. The molecule has 0 heterocycles. The number of aryl methyl sites for hydroxylation is 1. The monoisotopic (exact) mass is 273 g/mol. The van der Waals surface area contributed by atoms with E-state index in [1.54, 1.807) is 6.07 Å². The van der Waals surface area contributed by atoms with Crippen LogP contribution in [0.5, 0.6) is 0 Å². The van der Waals surface area contributed by atoms with Gasteiger partial charge in [0.05, 0.1) is 5.02 Å². The maximum atomic E-state index is 10.8. The first-order valence-electron chi connectivity index (χ1n) is 6.24. The molecule has 0 saturated carbocycles. The average Bonchev–Trinajstić information content (AvgIpc) is 2.40. The van der Waals surface area contributed by atoms with E-state index in [1.807, 2.05) is 18.2 Å². The molecule has 0 N–H and O–H groups in total. The van der Waals surface area contributed by atoms with Gasteiger partial charge < -0.3 is 4.90 Å². The molecule has 0 radical (unpaired) electrons. The van der Waals surface area contributed by atoms with Gasteiger partial charge in [0, 0.05) is 23.5 Å². The molecule has 2 aromatic rings. The Morgan fingerprint density at radius 1 is 1.16 bits per heavy atom. The fourth-order valence-electron chi connectivity index (χ4n) is 2.09. The van der Waals surface area contributed by atoms with Crippen LogP contribution in [0.15, 0.2) is 42.5 Å². The van der Waals surface area contributed by atoms with Gasteiger partial charge in [-0.25, -0.2) is 0 Å². The van der Waals surface area contributed by atoms with E-state index in [9.17, 15) is 4.79 Å². The molecule has 0 aliphatic carbocycles. The van der Waals surface area contributed by atoms with Gasteiger partial charge in [-0.05, 0) is 49.7 Å². The van der Waals surface area contributed by atoms with Gasteiger partial charge in [-0.15, -0.1) is 0 Å². The third kappa shape index (κ3) is 2.96. The van der Waals surface area contributed by atoms with Crippen LogP contribution in [0, 0.1) is 6.92 Å². The highest BCUT2D eigenvalue weighted by molar-refractivity contribution is 6.33. The summed E-state index contributed by atoms with van der Waals surface area (Å²) in [5.41, 5.74) is 3.85. The molecular weight excluding hydrogens is 258 g/mol. The molecule has 0 aromatic heterocycles. The second-order valence-electron chi connectivity index (χ2n) is 4.41. The lowest BCUT2D eigenvalue weighted by Gasteiger charge is -2.24. The molecule has 0 fully saturated rings. The largest absolute Gasteiger partial charge is 0.342 e. The number of hydrogen-bond donors (Lipinski definition) is 0. The van der Waals surface area contributed by atoms with Gasteiger partial charge in [0.2, 0.25) is 0 Å². The lowest BCUT2D eigenvalue weighted by Crippen LogP contribution is -2.16. The van der Waals surface area contributed by atoms with Gasteiger partial charge in [-0.1, -0.05) is 23.7 Å². The predicted octanol–water partition coefficient (Wildman–Crippen LogP) is 4.62. The molecule has 98 valence electrons. The van der Waals surface area contributed by atoms with Crippen molar-refractivity contribution in [1.29, 1.82) is 0 Å². The smallest absolute Gasteiger partial charge is 0.151 e. The molecule has 2 nitrogen and oxygen atoms in total. The van der Waals surface area contributed by atoms with E-state index in [0.29, 0.717) is 10.6 Å². The van der Waals surface area contributed by atoms with Crippen LogP contribution < -0.4 is 4.90 Å². The van der Waals surface area contributed by atoms with Crippen LogP contribution in [-0.2, 0) is 0 Å². The zero-order chi connectivity index (χ0) is 13.8. The Labute approximate surface area is 118 Å². The number of rotatable bonds is 4. The van der Waals surface area contributed by atoms with Crippen molar-refractivity contribution in [3.05, 3.63) is 58.6 Å². The van der Waals surface area contributed by atoms with Crippen LogP contribution in [0.1, 0.15) is 22.8 Å². The number of hydrogen-bond acceptors (Lipinski definition) is 2. The molecule has 0 unspecified atom stereocenters. The van der Waals surface area contributed by atoms with Gasteiger partial charge in [0.25, 0.3) is 0 Å². The first-order valence-corrected chi connectivity index (χ1v) is 6.62. The minimum Gasteiger partial charge on any atom is -0.342 e. The molecule has 0 aliphatic heterocycles. The normalized spacial score (nSPS) is 10.3. The number of benzene rings is 2. The highest BCUT2D eigenvalue weighted by Gasteiger charge is 2.09. The van der Waals surface area contributed by atoms with E-state index in [1.165, 1.54) is 5.56 Å². The van der Waals surface area contributed by atoms with Crippen molar-refractivity contribution in [2.24, 2.45) is 0 Å². The topological polar surface area (TPSA) is 20.3 Å². The summed E-state index contributed by atoms with van der Waals surface area (Å²) < 4.78 is 0. The first kappa shape index (κ1) is 13.6. The average molecular weight is 274 g/mol. The summed E-state index contributed by atoms with van der Waals surface area (Å²) in [4.78, 5) is 13.0. The third-order valence-corrected chi connectivity index (χ3v) is 3.38. The molecule has 0 saturated heterocycles. The van der Waals surface area contributed by atoms with Crippen LogP contribution in [0.25, 0.3) is 0 Å². The summed E-state index contributed by atoms with van der Waals surface area (Å²) in [5.74, 6) is 0. The molecule has 0 bridgehead atoms. The number of aldehydes is 1. The van der Waals surface area contributed by atoms with Gasteiger partial charge in [0.15, 0.2) is 6.29 Å². The molecule has 0 spiro atoms. The van der Waals surface area contributed by atoms with Crippen LogP contribution in [0.2, 0.25) is 5.02 Å². The maximum Gasteiger partial charge on any atom is 0.151 e. The number of nitrogens with zero attached hydrogens (tertiary/aromatic N) is 1. The molecule has 0 atom stereocenters. The van der Waals surface area contributed by atoms with Crippen molar-refractivity contribution in [1.82, 2.24) is 0 Å². The van der Waals surface area contributed by atoms with Crippen LogP contribution in [-0.4, -0.2) is 12.8 Å². The van der Waals surface area contributed by atoms with Crippen LogP contribution in [0.3, 0.4) is 0 Å². The number of carbonyl (C=O) groups excluding carboxylic acids is 1. The lowest BCUT2D eigenvalue weighted by molar-refractivity contribution is 0.112. The van der Waals surface area contributed by atoms with Crippen molar-refractivity contribution < 1.29 is 4.79 Å². The number of anilines is 2. The minimum absolute atomic E-state index is 0.485. The second-order valence-corrected chi connectivity index (χ2v) is 4.81. The van der Waals surface area contributed by atoms with Crippen molar-refractivity contribution in [2.45, 2.75) is 13.8 Å². The van der Waals surface area contributed by atoms with E-state index < -0.39 is 0 Å². The van der Waals surface area contributed by atoms with Crippen molar-refractivity contribution in [3.63, 3.8) is 0 Å². The Balaban J connectivity index is 2.42. The fraction of sp³-hybridized carbons (Fsp3) is 0.188. The molecular formula is C16H16ClNO. The zero-order valence-electron chi connectivity index (χ0n) is 11.1. The Bertz CT molecular complexity index is 595. The molecule has 3 heteroatoms. The van der Waals surface area contributed by atoms with Crippen molar-refractivity contribution in [2.75, 3.05) is 11.4 Å². The van der Waals surface area contributed by atoms with Crippen LogP contribution >= 0.6 is 11.6 Å². The van der Waals surface area contributed by atoms with E-state index in [2.05, 4.69) is 36.9 Å². The quantitative estimate of drug-likeness (QED) is 0.758. The van der Waals surface area contributed by atoms with E-state index >= 15 is 0 Å². The highest BCUT2D eigenvalue weighted by Crippen LogP contribution is 2.29. The van der Waals surface area contributed by atoms with Gasteiger partial charge in [-0.2, -0.15) is 0 Å². The summed E-state index contributed by atoms with van der Waals surface area (Å²) in [6, 6.07) is 13.8. The number of carbonyl (C=O) groups is 1. The Morgan fingerprint density at radius 2 is 1.89 bits per heavy atom. The highest BCUT2D eigenvalue weighted by atomic mass is 35.5. The molecule has 0 aliphatic rings. The van der Waals surface area contributed by atoms with Crippen LogP contribution in [0.4, 0.5) is 11.4 Å². The van der Waals surface area contributed by atoms with Gasteiger partial charge >= 0.3 is 0 Å². The fourth-order valence-corrected chi connectivity index (χ4v) is 2.31. The summed E-state index contributed by atoms with van der Waals surface area (Å²) >= 11 is 6.09. The predicted molar refractivity (Wildman–Crippen MR) is 80.7 cm³/mol. The Kier molecular flexibility index (Phi) is 4.23. The molecule has 2 aromatic carbocycles. The van der Waals surface area contributed by atoms with Gasteiger partial charge in [0.1, 0.15) is 0 Å². The standard InChI is InChI=1S/C16H16ClNO/c1-3-18(14-6-4-5-12(2)9-14)15-8-7-13(11-19)16(17)10-15/h4-11H,3H2,1-2H3. The summed E-state index contributed by atoms with van der Waals surface area (Å²) in [7, 11) is 0. The van der Waals surface area contributed by atoms with Crippen molar-refractivity contribution >= 4 is 29.3 Å².